The van der Waals surface area contributed by atoms with Gasteiger partial charge in [-0.15, -0.1) is 0 Å². The first-order valence-electron chi connectivity index (χ1n) is 4.04. The van der Waals surface area contributed by atoms with Crippen LogP contribution in [0.4, 0.5) is 8.78 Å². The first-order chi connectivity index (χ1) is 5.78. The van der Waals surface area contributed by atoms with Crippen molar-refractivity contribution in [3.05, 3.63) is 0 Å². The predicted molar refractivity (Wildman–Crippen MR) is 46.8 cm³/mol. The highest BCUT2D eigenvalue weighted by Gasteiger charge is 2.30. The molecule has 0 bridgehead atoms. The van der Waals surface area contributed by atoms with Crippen molar-refractivity contribution in [3.63, 3.8) is 0 Å². The summed E-state index contributed by atoms with van der Waals surface area (Å²) in [6.45, 7) is 0.806. The van der Waals surface area contributed by atoms with Gasteiger partial charge in [-0.3, -0.25) is 4.79 Å². The summed E-state index contributed by atoms with van der Waals surface area (Å²) in [6, 6.07) is -0.810. The lowest BCUT2D eigenvalue weighted by molar-refractivity contribution is -0.133. The van der Waals surface area contributed by atoms with Gasteiger partial charge in [-0.05, 0) is 14.0 Å². The highest BCUT2D eigenvalue weighted by Crippen LogP contribution is 2.19. The minimum absolute atomic E-state index is 0.330. The number of halogens is 2. The van der Waals surface area contributed by atoms with Gasteiger partial charge in [0.1, 0.15) is 0 Å². The van der Waals surface area contributed by atoms with Gasteiger partial charge in [-0.25, -0.2) is 8.78 Å². The van der Waals surface area contributed by atoms with Crippen molar-refractivity contribution in [2.24, 2.45) is 0 Å². The highest BCUT2D eigenvalue weighted by atomic mass is 19.3. The van der Waals surface area contributed by atoms with E-state index in [2.05, 4.69) is 5.32 Å². The van der Waals surface area contributed by atoms with E-state index >= 15 is 0 Å². The number of alkyl halides is 2. The Labute approximate surface area is 77.1 Å². The maximum absolute atomic E-state index is 12.6. The van der Waals surface area contributed by atoms with E-state index in [1.165, 1.54) is 11.9 Å². The molecule has 0 saturated heterocycles. The number of likely N-dealkylation sites (N-methyl/N-ethyl adjacent to an activating group) is 2. The average Bonchev–Trinajstić information content (AvgIpc) is 1.97. The van der Waals surface area contributed by atoms with Gasteiger partial charge < -0.3 is 10.2 Å². The molecule has 1 unspecified atom stereocenters. The zero-order valence-electron chi connectivity index (χ0n) is 8.40. The summed E-state index contributed by atoms with van der Waals surface area (Å²) >= 11 is 0. The molecule has 3 nitrogen and oxygen atoms in total. The van der Waals surface area contributed by atoms with E-state index in [9.17, 15) is 13.6 Å². The Bertz CT molecular complexity index is 177. The maximum Gasteiger partial charge on any atom is 0.247 e. The van der Waals surface area contributed by atoms with Crippen molar-refractivity contribution in [1.82, 2.24) is 10.2 Å². The van der Waals surface area contributed by atoms with E-state index in [1.54, 1.807) is 14.1 Å². The summed E-state index contributed by atoms with van der Waals surface area (Å²) < 4.78 is 25.1. The fraction of sp³-hybridized carbons (Fsp3) is 0.875. The van der Waals surface area contributed by atoms with Crippen LogP contribution in [0.15, 0.2) is 0 Å². The van der Waals surface area contributed by atoms with Crippen LogP contribution in [-0.4, -0.2) is 43.9 Å². The van der Waals surface area contributed by atoms with Crippen LogP contribution in [0.25, 0.3) is 0 Å². The molecule has 0 fully saturated rings. The van der Waals surface area contributed by atoms with E-state index in [4.69, 9.17) is 0 Å². The summed E-state index contributed by atoms with van der Waals surface area (Å²) in [7, 11) is 4.58. The van der Waals surface area contributed by atoms with Crippen LogP contribution in [0.2, 0.25) is 0 Å². The normalized spacial score (nSPS) is 14.0. The van der Waals surface area contributed by atoms with Gasteiger partial charge >= 0.3 is 0 Å². The molecule has 1 amide bonds. The van der Waals surface area contributed by atoms with Crippen LogP contribution < -0.4 is 5.32 Å². The lowest BCUT2D eigenvalue weighted by atomic mass is 10.1. The third kappa shape index (κ3) is 4.77. The molecule has 0 radical (unpaired) electrons. The van der Waals surface area contributed by atoms with Gasteiger partial charge in [0, 0.05) is 20.5 Å². The molecule has 0 aromatic heterocycles. The Morgan fingerprint density at radius 2 is 2.00 bits per heavy atom. The number of amides is 1. The van der Waals surface area contributed by atoms with Gasteiger partial charge in [-0.1, -0.05) is 0 Å². The first-order valence-corrected chi connectivity index (χ1v) is 4.04. The van der Waals surface area contributed by atoms with Crippen LogP contribution in [-0.2, 0) is 4.79 Å². The summed E-state index contributed by atoms with van der Waals surface area (Å²) in [5.74, 6) is -3.15. The smallest absolute Gasteiger partial charge is 0.247 e. The molecule has 78 valence electrons. The van der Waals surface area contributed by atoms with Crippen LogP contribution in [0.3, 0.4) is 0 Å². The van der Waals surface area contributed by atoms with Crippen molar-refractivity contribution in [2.45, 2.75) is 25.3 Å². The summed E-state index contributed by atoms with van der Waals surface area (Å²) in [6.07, 6.45) is -0.472. The molecular formula is C8H16F2N2O. The number of nitrogens with zero attached hydrogens (tertiary/aromatic N) is 1. The lowest BCUT2D eigenvalue weighted by Gasteiger charge is -2.22. The third-order valence-electron chi connectivity index (χ3n) is 1.65. The number of carbonyl (C=O) groups is 1. The standard InChI is InChI=1S/C8H16F2N2O/c1-8(9,10)5-6(11-2)7(13)12(3)4/h6,11H,5H2,1-4H3. The SMILES string of the molecule is CNC(CC(C)(F)F)C(=O)N(C)C. The third-order valence-corrected chi connectivity index (χ3v) is 1.65. The Morgan fingerprint density at radius 3 is 2.23 bits per heavy atom. The number of hydrogen-bond donors (Lipinski definition) is 1. The largest absolute Gasteiger partial charge is 0.347 e. The minimum Gasteiger partial charge on any atom is -0.347 e. The van der Waals surface area contributed by atoms with E-state index in [1.807, 2.05) is 0 Å². The van der Waals surface area contributed by atoms with Crippen molar-refractivity contribution < 1.29 is 13.6 Å². The van der Waals surface area contributed by atoms with E-state index in [0.29, 0.717) is 0 Å². The molecule has 0 heterocycles. The average molecular weight is 194 g/mol. The van der Waals surface area contributed by atoms with Crippen LogP contribution in [0.1, 0.15) is 13.3 Å². The molecule has 0 aliphatic carbocycles. The van der Waals surface area contributed by atoms with Crippen molar-refractivity contribution in [2.75, 3.05) is 21.1 Å². The van der Waals surface area contributed by atoms with E-state index in [0.717, 1.165) is 6.92 Å². The van der Waals surface area contributed by atoms with E-state index < -0.39 is 18.4 Å². The fourth-order valence-corrected chi connectivity index (χ4v) is 0.983. The van der Waals surface area contributed by atoms with Crippen LogP contribution >= 0.6 is 0 Å². The predicted octanol–water partition coefficient (Wildman–Crippen LogP) is 0.708. The zero-order chi connectivity index (χ0) is 10.6. The molecule has 0 aliphatic heterocycles. The molecule has 0 aromatic carbocycles. The van der Waals surface area contributed by atoms with Gasteiger partial charge in [0.25, 0.3) is 0 Å². The Morgan fingerprint density at radius 1 is 1.54 bits per heavy atom. The second-order valence-electron chi connectivity index (χ2n) is 3.35. The quantitative estimate of drug-likeness (QED) is 0.714. The Balaban J connectivity index is 4.27. The highest BCUT2D eigenvalue weighted by molar-refractivity contribution is 5.81. The van der Waals surface area contributed by atoms with Crippen molar-refractivity contribution >= 4 is 5.91 Å². The molecule has 5 heteroatoms. The van der Waals surface area contributed by atoms with Crippen LogP contribution in [0, 0.1) is 0 Å². The lowest BCUT2D eigenvalue weighted by Crippen LogP contribution is -2.44. The molecule has 0 aliphatic rings. The van der Waals surface area contributed by atoms with Gasteiger partial charge in [0.2, 0.25) is 11.8 Å². The van der Waals surface area contributed by atoms with Crippen molar-refractivity contribution in [1.29, 1.82) is 0 Å². The molecule has 13 heavy (non-hydrogen) atoms. The first kappa shape index (κ1) is 12.3. The minimum atomic E-state index is -2.82. The van der Waals surface area contributed by atoms with E-state index in [-0.39, 0.29) is 5.91 Å². The number of carbonyl (C=O) groups excluding carboxylic acids is 1. The van der Waals surface area contributed by atoms with Gasteiger partial charge in [-0.2, -0.15) is 0 Å². The maximum atomic E-state index is 12.6. The van der Waals surface area contributed by atoms with Crippen LogP contribution in [0.5, 0.6) is 0 Å². The molecular weight excluding hydrogens is 178 g/mol. The summed E-state index contributed by atoms with van der Waals surface area (Å²) in [4.78, 5) is 12.6. The van der Waals surface area contributed by atoms with Crippen molar-refractivity contribution in [3.8, 4) is 0 Å². The topological polar surface area (TPSA) is 32.3 Å². The second kappa shape index (κ2) is 4.50. The summed E-state index contributed by atoms with van der Waals surface area (Å²) in [5, 5.41) is 2.57. The number of hydrogen-bond acceptors (Lipinski definition) is 2. The van der Waals surface area contributed by atoms with Gasteiger partial charge in [0.05, 0.1) is 6.04 Å². The number of rotatable bonds is 4. The molecule has 0 spiro atoms. The Kier molecular flexibility index (Phi) is 4.26. The zero-order valence-corrected chi connectivity index (χ0v) is 8.40. The summed E-state index contributed by atoms with van der Waals surface area (Å²) in [5.41, 5.74) is 0. The molecule has 0 aromatic rings. The molecule has 0 rings (SSSR count). The monoisotopic (exact) mass is 194 g/mol. The molecule has 0 saturated carbocycles. The Hall–Kier alpha value is -0.710. The molecule has 1 N–H and O–H groups in total. The van der Waals surface area contributed by atoms with Gasteiger partial charge in [0.15, 0.2) is 0 Å². The number of nitrogens with one attached hydrogen (secondary N) is 1. The fourth-order valence-electron chi connectivity index (χ4n) is 0.983. The second-order valence-corrected chi connectivity index (χ2v) is 3.35. The molecule has 1 atom stereocenters.